The van der Waals surface area contributed by atoms with Crippen molar-refractivity contribution >= 4 is 5.69 Å². The number of hydrogen-bond donors (Lipinski definition) is 1. The molecule has 0 amide bonds. The van der Waals surface area contributed by atoms with E-state index >= 15 is 0 Å². The Bertz CT molecular complexity index is 367. The van der Waals surface area contributed by atoms with E-state index in [0.717, 1.165) is 30.8 Å². The highest BCUT2D eigenvalue weighted by atomic mass is 15.2. The first-order valence-electron chi connectivity index (χ1n) is 4.72. The van der Waals surface area contributed by atoms with Gasteiger partial charge in [-0.15, -0.1) is 6.42 Å². The van der Waals surface area contributed by atoms with Crippen molar-refractivity contribution < 1.29 is 0 Å². The second-order valence-electron chi connectivity index (χ2n) is 3.57. The predicted octanol–water partition coefficient (Wildman–Crippen LogP) is 0.600. The van der Waals surface area contributed by atoms with Gasteiger partial charge < -0.3 is 10.6 Å². The Morgan fingerprint density at radius 2 is 2.43 bits per heavy atom. The van der Waals surface area contributed by atoms with E-state index in [1.54, 1.807) is 6.20 Å². The van der Waals surface area contributed by atoms with Crippen LogP contribution >= 0.6 is 0 Å². The molecule has 1 aromatic rings. The van der Waals surface area contributed by atoms with Crippen LogP contribution in [0.25, 0.3) is 0 Å². The fraction of sp³-hybridized carbons (Fsp3) is 0.364. The lowest BCUT2D eigenvalue weighted by Gasteiger charge is -2.17. The second kappa shape index (κ2) is 3.69. The maximum Gasteiger partial charge on any atom is 0.0565 e. The van der Waals surface area contributed by atoms with Gasteiger partial charge in [-0.1, -0.05) is 5.92 Å². The average molecular weight is 187 g/mol. The number of pyridine rings is 1. The van der Waals surface area contributed by atoms with Gasteiger partial charge in [0.25, 0.3) is 0 Å². The zero-order valence-electron chi connectivity index (χ0n) is 7.98. The standard InChI is InChI=1S/C11H13N3/c1-2-9-5-11(7-13-6-9)14-4-3-10(12)8-14/h1,5-7,10H,3-4,8,12H2/t10-/m1/s1. The molecular weight excluding hydrogens is 174 g/mol. The minimum absolute atomic E-state index is 0.282. The Labute approximate surface area is 83.9 Å². The van der Waals surface area contributed by atoms with Crippen LogP contribution in [-0.4, -0.2) is 24.1 Å². The number of nitrogens with two attached hydrogens (primary N) is 1. The molecule has 1 fully saturated rings. The fourth-order valence-electron chi connectivity index (χ4n) is 1.70. The molecule has 72 valence electrons. The SMILES string of the molecule is C#Cc1cncc(N2CC[C@@H](N)C2)c1. The smallest absolute Gasteiger partial charge is 0.0565 e. The van der Waals surface area contributed by atoms with Gasteiger partial charge in [0.15, 0.2) is 0 Å². The third kappa shape index (κ3) is 1.70. The topological polar surface area (TPSA) is 42.2 Å². The minimum Gasteiger partial charge on any atom is -0.369 e. The van der Waals surface area contributed by atoms with Crippen LogP contribution in [0, 0.1) is 12.3 Å². The molecule has 2 heterocycles. The summed E-state index contributed by atoms with van der Waals surface area (Å²) < 4.78 is 0. The molecule has 14 heavy (non-hydrogen) atoms. The summed E-state index contributed by atoms with van der Waals surface area (Å²) in [6.07, 6.45) is 9.88. The minimum atomic E-state index is 0.282. The lowest BCUT2D eigenvalue weighted by molar-refractivity contribution is 0.752. The third-order valence-corrected chi connectivity index (χ3v) is 2.48. The number of hydrogen-bond acceptors (Lipinski definition) is 3. The largest absolute Gasteiger partial charge is 0.369 e. The molecule has 1 aliphatic heterocycles. The van der Waals surface area contributed by atoms with E-state index in [-0.39, 0.29) is 6.04 Å². The van der Waals surface area contributed by atoms with Crippen molar-refractivity contribution in [1.82, 2.24) is 4.98 Å². The van der Waals surface area contributed by atoms with Gasteiger partial charge >= 0.3 is 0 Å². The van der Waals surface area contributed by atoms with Gasteiger partial charge in [-0.25, -0.2) is 0 Å². The number of anilines is 1. The van der Waals surface area contributed by atoms with E-state index in [9.17, 15) is 0 Å². The summed E-state index contributed by atoms with van der Waals surface area (Å²) in [7, 11) is 0. The van der Waals surface area contributed by atoms with Gasteiger partial charge in [0, 0.05) is 30.9 Å². The van der Waals surface area contributed by atoms with E-state index in [0.29, 0.717) is 0 Å². The summed E-state index contributed by atoms with van der Waals surface area (Å²) in [5, 5.41) is 0. The Morgan fingerprint density at radius 3 is 3.07 bits per heavy atom. The van der Waals surface area contributed by atoms with E-state index in [2.05, 4.69) is 15.8 Å². The first-order chi connectivity index (χ1) is 6.79. The molecule has 1 aliphatic rings. The average Bonchev–Trinajstić information content (AvgIpc) is 2.65. The highest BCUT2D eigenvalue weighted by molar-refractivity contribution is 5.50. The summed E-state index contributed by atoms with van der Waals surface area (Å²) in [6, 6.07) is 2.26. The number of nitrogens with zero attached hydrogens (tertiary/aromatic N) is 2. The molecule has 3 heteroatoms. The summed E-state index contributed by atoms with van der Waals surface area (Å²) in [4.78, 5) is 6.32. The highest BCUT2D eigenvalue weighted by Gasteiger charge is 2.19. The zero-order valence-corrected chi connectivity index (χ0v) is 7.98. The molecule has 0 radical (unpaired) electrons. The lowest BCUT2D eigenvalue weighted by atomic mass is 10.2. The molecule has 0 bridgehead atoms. The molecule has 3 nitrogen and oxygen atoms in total. The van der Waals surface area contributed by atoms with Crippen molar-refractivity contribution in [2.75, 3.05) is 18.0 Å². The summed E-state index contributed by atoms with van der Waals surface area (Å²) >= 11 is 0. The molecule has 1 atom stereocenters. The molecule has 0 spiro atoms. The Kier molecular flexibility index (Phi) is 2.38. The normalized spacial score (nSPS) is 20.9. The molecule has 0 saturated carbocycles. The Balaban J connectivity index is 2.20. The quantitative estimate of drug-likeness (QED) is 0.655. The van der Waals surface area contributed by atoms with E-state index in [1.165, 1.54) is 0 Å². The van der Waals surface area contributed by atoms with Gasteiger partial charge in [-0.2, -0.15) is 0 Å². The third-order valence-electron chi connectivity index (χ3n) is 2.48. The van der Waals surface area contributed by atoms with Gasteiger partial charge in [0.2, 0.25) is 0 Å². The highest BCUT2D eigenvalue weighted by Crippen LogP contribution is 2.19. The summed E-state index contributed by atoms with van der Waals surface area (Å²) in [5.74, 6) is 2.58. The van der Waals surface area contributed by atoms with Crippen molar-refractivity contribution in [1.29, 1.82) is 0 Å². The number of rotatable bonds is 1. The van der Waals surface area contributed by atoms with Gasteiger partial charge in [-0.05, 0) is 12.5 Å². The van der Waals surface area contributed by atoms with Crippen LogP contribution in [0.3, 0.4) is 0 Å². The Morgan fingerprint density at radius 1 is 1.57 bits per heavy atom. The van der Waals surface area contributed by atoms with Crippen LogP contribution in [0.15, 0.2) is 18.5 Å². The molecule has 1 aromatic heterocycles. The Hall–Kier alpha value is -1.53. The van der Waals surface area contributed by atoms with Crippen molar-refractivity contribution in [3.8, 4) is 12.3 Å². The van der Waals surface area contributed by atoms with Gasteiger partial charge in [0.05, 0.1) is 11.9 Å². The lowest BCUT2D eigenvalue weighted by Crippen LogP contribution is -2.26. The van der Waals surface area contributed by atoms with Crippen LogP contribution in [0.1, 0.15) is 12.0 Å². The van der Waals surface area contributed by atoms with Crippen molar-refractivity contribution in [2.45, 2.75) is 12.5 Å². The predicted molar refractivity (Wildman–Crippen MR) is 57.0 cm³/mol. The molecule has 0 unspecified atom stereocenters. The van der Waals surface area contributed by atoms with Crippen LogP contribution in [0.5, 0.6) is 0 Å². The van der Waals surface area contributed by atoms with E-state index in [1.807, 2.05) is 12.3 Å². The summed E-state index contributed by atoms with van der Waals surface area (Å²) in [5.41, 5.74) is 7.73. The first-order valence-corrected chi connectivity index (χ1v) is 4.72. The fourth-order valence-corrected chi connectivity index (χ4v) is 1.70. The van der Waals surface area contributed by atoms with Crippen LogP contribution < -0.4 is 10.6 Å². The molecule has 2 rings (SSSR count). The van der Waals surface area contributed by atoms with Crippen molar-refractivity contribution in [3.63, 3.8) is 0 Å². The monoisotopic (exact) mass is 187 g/mol. The van der Waals surface area contributed by atoms with E-state index < -0.39 is 0 Å². The zero-order chi connectivity index (χ0) is 9.97. The molecule has 0 aliphatic carbocycles. The maximum atomic E-state index is 5.83. The van der Waals surface area contributed by atoms with Crippen molar-refractivity contribution in [3.05, 3.63) is 24.0 Å². The van der Waals surface area contributed by atoms with Gasteiger partial charge in [-0.3, -0.25) is 4.98 Å². The van der Waals surface area contributed by atoms with Crippen LogP contribution in [0.2, 0.25) is 0 Å². The van der Waals surface area contributed by atoms with Crippen molar-refractivity contribution in [2.24, 2.45) is 5.73 Å². The number of terminal acetylenes is 1. The van der Waals surface area contributed by atoms with E-state index in [4.69, 9.17) is 12.2 Å². The van der Waals surface area contributed by atoms with Crippen LogP contribution in [0.4, 0.5) is 5.69 Å². The molecule has 2 N–H and O–H groups in total. The molecule has 1 saturated heterocycles. The maximum absolute atomic E-state index is 5.83. The number of aromatic nitrogens is 1. The second-order valence-corrected chi connectivity index (χ2v) is 3.57. The summed E-state index contributed by atoms with van der Waals surface area (Å²) in [6.45, 7) is 1.90. The first kappa shape index (κ1) is 9.04. The van der Waals surface area contributed by atoms with Crippen LogP contribution in [-0.2, 0) is 0 Å². The molecular formula is C11H13N3. The van der Waals surface area contributed by atoms with Gasteiger partial charge in [0.1, 0.15) is 0 Å². The molecule has 0 aromatic carbocycles.